The van der Waals surface area contributed by atoms with Crippen LogP contribution < -0.4 is 10.5 Å². The van der Waals surface area contributed by atoms with E-state index in [1.165, 1.54) is 83.5 Å². The van der Waals surface area contributed by atoms with Crippen molar-refractivity contribution in [2.75, 3.05) is 5.32 Å². The number of anilines is 1. The topological polar surface area (TPSA) is 107 Å². The number of hydrogen-bond acceptors (Lipinski definition) is 4. The predicted molar refractivity (Wildman–Crippen MR) is 115 cm³/mol. The molecule has 4 aromatic rings. The summed E-state index contributed by atoms with van der Waals surface area (Å²) >= 11 is 0. The molecule has 3 N–H and O–H groups in total. The van der Waals surface area contributed by atoms with Crippen LogP contribution in [0.5, 0.6) is 0 Å². The van der Waals surface area contributed by atoms with Gasteiger partial charge in [-0.25, -0.2) is 27.0 Å². The minimum Gasteiger partial charge on any atom is -0.321 e. The third kappa shape index (κ3) is 4.56. The number of amides is 1. The lowest BCUT2D eigenvalue weighted by Crippen LogP contribution is -2.13. The molecular weight excluding hydrogens is 438 g/mol. The van der Waals surface area contributed by atoms with E-state index in [-0.39, 0.29) is 10.6 Å². The van der Waals surface area contributed by atoms with Crippen LogP contribution in [0.4, 0.5) is 14.5 Å². The number of benzene rings is 3. The lowest BCUT2D eigenvalue weighted by Gasteiger charge is -2.08. The van der Waals surface area contributed by atoms with Crippen molar-refractivity contribution < 1.29 is 22.0 Å². The zero-order chi connectivity index (χ0) is 22.9. The molecule has 3 aromatic carbocycles. The third-order valence-corrected chi connectivity index (χ3v) is 5.52. The maximum Gasteiger partial charge on any atom is 0.276 e. The van der Waals surface area contributed by atoms with Crippen molar-refractivity contribution in [1.29, 1.82) is 0 Å². The molecule has 0 aliphatic rings. The number of rotatable bonds is 5. The second kappa shape index (κ2) is 8.33. The SMILES string of the molecule is NS(=O)(=O)c1ccc(-n2nc(C(=O)Nc3ccc(F)cc3)cc2-c2ccc(F)cc2)cc1. The first-order valence-electron chi connectivity index (χ1n) is 9.27. The fraction of sp³-hybridized carbons (Fsp3) is 0. The first-order valence-corrected chi connectivity index (χ1v) is 10.8. The number of sulfonamides is 1. The van der Waals surface area contributed by atoms with E-state index in [2.05, 4.69) is 10.4 Å². The molecule has 0 radical (unpaired) electrons. The molecule has 7 nitrogen and oxygen atoms in total. The van der Waals surface area contributed by atoms with Crippen molar-refractivity contribution in [3.05, 3.63) is 96.2 Å². The van der Waals surface area contributed by atoms with Gasteiger partial charge in [0.15, 0.2) is 5.69 Å². The monoisotopic (exact) mass is 454 g/mol. The average molecular weight is 454 g/mol. The largest absolute Gasteiger partial charge is 0.321 e. The van der Waals surface area contributed by atoms with Gasteiger partial charge in [0.1, 0.15) is 11.6 Å². The Bertz CT molecular complexity index is 1380. The molecule has 32 heavy (non-hydrogen) atoms. The van der Waals surface area contributed by atoms with Gasteiger partial charge >= 0.3 is 0 Å². The Morgan fingerprint density at radius 2 is 1.44 bits per heavy atom. The highest BCUT2D eigenvalue weighted by Crippen LogP contribution is 2.25. The molecule has 0 aliphatic heterocycles. The number of carbonyl (C=O) groups excluding carboxylic acids is 1. The standard InChI is InChI=1S/C22H16F2N4O3S/c23-15-3-1-14(2-4-15)21-13-20(22(29)26-17-7-5-16(24)6-8-17)27-28(21)18-9-11-19(12-10-18)32(25,30)31/h1-13H,(H,26,29)(H2,25,30,31). The Labute approximate surface area is 182 Å². The highest BCUT2D eigenvalue weighted by Gasteiger charge is 2.18. The molecule has 0 bridgehead atoms. The number of nitrogens with zero attached hydrogens (tertiary/aromatic N) is 2. The van der Waals surface area contributed by atoms with Crippen molar-refractivity contribution in [1.82, 2.24) is 9.78 Å². The lowest BCUT2D eigenvalue weighted by molar-refractivity contribution is 0.102. The molecule has 10 heteroatoms. The van der Waals surface area contributed by atoms with Crippen LogP contribution in [-0.4, -0.2) is 24.1 Å². The number of carbonyl (C=O) groups is 1. The molecule has 1 heterocycles. The Morgan fingerprint density at radius 3 is 2.00 bits per heavy atom. The molecule has 1 aromatic heterocycles. The molecule has 162 valence electrons. The minimum absolute atomic E-state index is 0.0455. The summed E-state index contributed by atoms with van der Waals surface area (Å²) in [7, 11) is -3.88. The summed E-state index contributed by atoms with van der Waals surface area (Å²) in [4.78, 5) is 12.7. The highest BCUT2D eigenvalue weighted by atomic mass is 32.2. The molecule has 0 aliphatic carbocycles. The van der Waals surface area contributed by atoms with Crippen molar-refractivity contribution >= 4 is 21.6 Å². The van der Waals surface area contributed by atoms with Gasteiger partial charge in [-0.15, -0.1) is 0 Å². The van der Waals surface area contributed by atoms with Crippen LogP contribution in [0.1, 0.15) is 10.5 Å². The smallest absolute Gasteiger partial charge is 0.276 e. The summed E-state index contributed by atoms with van der Waals surface area (Å²) in [6.07, 6.45) is 0. The summed E-state index contributed by atoms with van der Waals surface area (Å²) in [5.74, 6) is -1.40. The summed E-state index contributed by atoms with van der Waals surface area (Å²) in [5, 5.41) is 12.1. The Balaban J connectivity index is 1.75. The average Bonchev–Trinajstić information content (AvgIpc) is 3.21. The zero-order valence-corrected chi connectivity index (χ0v) is 17.2. The van der Waals surface area contributed by atoms with Crippen LogP contribution in [-0.2, 0) is 10.0 Å². The van der Waals surface area contributed by atoms with Crippen LogP contribution in [0.2, 0.25) is 0 Å². The van der Waals surface area contributed by atoms with Gasteiger partial charge in [-0.3, -0.25) is 4.79 Å². The van der Waals surface area contributed by atoms with E-state index < -0.39 is 27.6 Å². The van der Waals surface area contributed by atoms with Crippen LogP contribution >= 0.6 is 0 Å². The van der Waals surface area contributed by atoms with Gasteiger partial charge in [0.05, 0.1) is 16.3 Å². The zero-order valence-electron chi connectivity index (χ0n) is 16.4. The van der Waals surface area contributed by atoms with E-state index in [9.17, 15) is 22.0 Å². The van der Waals surface area contributed by atoms with Gasteiger partial charge in [0.25, 0.3) is 5.91 Å². The molecule has 0 saturated heterocycles. The first kappa shape index (κ1) is 21.3. The molecule has 0 unspecified atom stereocenters. The summed E-state index contributed by atoms with van der Waals surface area (Å²) in [5.41, 5.74) is 1.93. The number of nitrogens with one attached hydrogen (secondary N) is 1. The second-order valence-corrected chi connectivity index (χ2v) is 8.39. The number of nitrogens with two attached hydrogens (primary N) is 1. The van der Waals surface area contributed by atoms with Crippen molar-refractivity contribution in [3.63, 3.8) is 0 Å². The fourth-order valence-electron chi connectivity index (χ4n) is 3.02. The van der Waals surface area contributed by atoms with E-state index in [1.807, 2.05) is 0 Å². The molecular formula is C22H16F2N4O3S. The van der Waals surface area contributed by atoms with Gasteiger partial charge in [-0.05, 0) is 78.9 Å². The predicted octanol–water partition coefficient (Wildman–Crippen LogP) is 3.72. The van der Waals surface area contributed by atoms with Crippen LogP contribution in [0.3, 0.4) is 0 Å². The molecule has 4 rings (SSSR count). The van der Waals surface area contributed by atoms with Gasteiger partial charge in [-0.1, -0.05) is 0 Å². The van der Waals surface area contributed by atoms with E-state index in [0.717, 1.165) is 0 Å². The fourth-order valence-corrected chi connectivity index (χ4v) is 3.54. The summed E-state index contributed by atoms with van der Waals surface area (Å²) in [6.45, 7) is 0. The molecule has 0 spiro atoms. The highest BCUT2D eigenvalue weighted by molar-refractivity contribution is 7.89. The number of aromatic nitrogens is 2. The van der Waals surface area contributed by atoms with Gasteiger partial charge in [0.2, 0.25) is 10.0 Å². The van der Waals surface area contributed by atoms with Gasteiger partial charge in [-0.2, -0.15) is 5.10 Å². The molecule has 0 saturated carbocycles. The Kier molecular flexibility index (Phi) is 5.56. The molecule has 0 atom stereocenters. The quantitative estimate of drug-likeness (QED) is 0.479. The van der Waals surface area contributed by atoms with E-state index in [4.69, 9.17) is 5.14 Å². The Hall–Kier alpha value is -3.89. The van der Waals surface area contributed by atoms with Gasteiger partial charge < -0.3 is 5.32 Å². The summed E-state index contributed by atoms with van der Waals surface area (Å²) in [6, 6.07) is 18.0. The normalized spacial score (nSPS) is 11.3. The van der Waals surface area contributed by atoms with Crippen LogP contribution in [0, 0.1) is 11.6 Å². The van der Waals surface area contributed by atoms with E-state index in [1.54, 1.807) is 0 Å². The van der Waals surface area contributed by atoms with Gasteiger partial charge in [0, 0.05) is 11.3 Å². The number of hydrogen-bond donors (Lipinski definition) is 2. The van der Waals surface area contributed by atoms with Crippen molar-refractivity contribution in [2.24, 2.45) is 5.14 Å². The maximum atomic E-state index is 13.4. The molecule has 1 amide bonds. The minimum atomic E-state index is -3.88. The van der Waals surface area contributed by atoms with Crippen LogP contribution in [0.15, 0.2) is 83.8 Å². The maximum absolute atomic E-state index is 13.4. The second-order valence-electron chi connectivity index (χ2n) is 6.83. The van der Waals surface area contributed by atoms with E-state index >= 15 is 0 Å². The van der Waals surface area contributed by atoms with Crippen molar-refractivity contribution in [2.45, 2.75) is 4.90 Å². The first-order chi connectivity index (χ1) is 15.2. The number of halogens is 2. The van der Waals surface area contributed by atoms with E-state index in [0.29, 0.717) is 22.6 Å². The van der Waals surface area contributed by atoms with Crippen molar-refractivity contribution in [3.8, 4) is 16.9 Å². The molecule has 0 fully saturated rings. The lowest BCUT2D eigenvalue weighted by atomic mass is 10.1. The van der Waals surface area contributed by atoms with Crippen LogP contribution in [0.25, 0.3) is 16.9 Å². The Morgan fingerprint density at radius 1 is 0.875 bits per heavy atom. The summed E-state index contributed by atoms with van der Waals surface area (Å²) < 4.78 is 51.0. The third-order valence-electron chi connectivity index (χ3n) is 4.59. The number of primary sulfonamides is 1.